The third kappa shape index (κ3) is 7.49. The summed E-state index contributed by atoms with van der Waals surface area (Å²) in [4.78, 5) is 18.0. The Kier molecular flexibility index (Phi) is 9.10. The van der Waals surface area contributed by atoms with Gasteiger partial charge in [0, 0.05) is 30.1 Å². The third-order valence-corrected chi connectivity index (χ3v) is 7.29. The van der Waals surface area contributed by atoms with E-state index >= 15 is 0 Å². The van der Waals surface area contributed by atoms with Gasteiger partial charge in [-0.2, -0.15) is 13.2 Å². The number of likely N-dealkylation sites (tertiary alicyclic amines) is 1. The lowest BCUT2D eigenvalue weighted by atomic mass is 9.79. The number of benzene rings is 2. The smallest absolute Gasteiger partial charge is 0.416 e. The molecular weight excluding hydrogens is 509 g/mol. The molecule has 1 saturated heterocycles. The number of fused-ring (bicyclic) bond motifs is 1. The number of carboxylic acids is 1. The fourth-order valence-electron chi connectivity index (χ4n) is 5.25. The van der Waals surface area contributed by atoms with Gasteiger partial charge in [0.2, 0.25) is 0 Å². The van der Waals surface area contributed by atoms with Crippen LogP contribution in [0.5, 0.6) is 5.75 Å². The molecule has 3 aromatic rings. The number of aromatic nitrogens is 1. The third-order valence-electron chi connectivity index (χ3n) is 7.29. The van der Waals surface area contributed by atoms with E-state index in [0.717, 1.165) is 35.0 Å². The SMILES string of the molecule is COc1ccc2nccc([C@@H](O)CC[C@@H]3CCN(CC#Cc4cccc(C(F)(F)F)c4)C[C@@H]3CC(=O)O)c2c1. The fraction of sp³-hybridized carbons (Fsp3) is 0.400. The maximum Gasteiger partial charge on any atom is 0.416 e. The molecule has 1 fully saturated rings. The summed E-state index contributed by atoms with van der Waals surface area (Å²) in [6.07, 6.45) is -1.59. The highest BCUT2D eigenvalue weighted by Gasteiger charge is 2.32. The summed E-state index contributed by atoms with van der Waals surface area (Å²) in [6.45, 7) is 1.57. The van der Waals surface area contributed by atoms with Crippen LogP contribution < -0.4 is 4.74 Å². The minimum Gasteiger partial charge on any atom is -0.497 e. The summed E-state index contributed by atoms with van der Waals surface area (Å²) in [5, 5.41) is 21.4. The van der Waals surface area contributed by atoms with E-state index in [-0.39, 0.29) is 23.8 Å². The number of carbonyl (C=O) groups is 1. The van der Waals surface area contributed by atoms with E-state index in [0.29, 0.717) is 38.2 Å². The Labute approximate surface area is 225 Å². The lowest BCUT2D eigenvalue weighted by molar-refractivity contribution is -0.139. The van der Waals surface area contributed by atoms with E-state index in [1.165, 1.54) is 12.1 Å². The van der Waals surface area contributed by atoms with Crippen molar-refractivity contribution in [2.45, 2.75) is 38.0 Å². The van der Waals surface area contributed by atoms with Gasteiger partial charge in [0.25, 0.3) is 0 Å². The highest BCUT2D eigenvalue weighted by molar-refractivity contribution is 5.83. The van der Waals surface area contributed by atoms with Gasteiger partial charge in [-0.15, -0.1) is 0 Å². The molecule has 1 aliphatic heterocycles. The minimum absolute atomic E-state index is 0.00764. The number of rotatable bonds is 8. The van der Waals surface area contributed by atoms with E-state index in [2.05, 4.69) is 16.8 Å². The summed E-state index contributed by atoms with van der Waals surface area (Å²) in [6, 6.07) is 12.2. The number of aliphatic hydroxyl groups excluding tert-OH is 1. The first-order valence-electron chi connectivity index (χ1n) is 12.8. The number of hydrogen-bond acceptors (Lipinski definition) is 5. The number of aliphatic hydroxyl groups is 1. The largest absolute Gasteiger partial charge is 0.497 e. The Morgan fingerprint density at radius 3 is 2.77 bits per heavy atom. The zero-order chi connectivity index (χ0) is 28.0. The molecule has 0 unspecified atom stereocenters. The van der Waals surface area contributed by atoms with Gasteiger partial charge in [-0.05, 0) is 85.7 Å². The van der Waals surface area contributed by atoms with Crippen LogP contribution in [0.1, 0.15) is 48.5 Å². The highest BCUT2D eigenvalue weighted by atomic mass is 19.4. The van der Waals surface area contributed by atoms with Crippen LogP contribution in [-0.4, -0.2) is 52.8 Å². The van der Waals surface area contributed by atoms with E-state index < -0.39 is 23.8 Å². The van der Waals surface area contributed by atoms with Crippen LogP contribution in [0.15, 0.2) is 54.7 Å². The number of nitrogens with zero attached hydrogens (tertiary/aromatic N) is 2. The van der Waals surface area contributed by atoms with Crippen molar-refractivity contribution >= 4 is 16.9 Å². The topological polar surface area (TPSA) is 82.9 Å². The summed E-state index contributed by atoms with van der Waals surface area (Å²) in [5.41, 5.74) is 1.07. The standard InChI is InChI=1S/C30H31F3N2O4/c1-39-24-8-9-27-26(18-24)25(11-13-34-27)28(36)10-7-21-12-15-35(19-22(21)17-29(37)38)14-3-5-20-4-2-6-23(16-20)30(31,32)33/h2,4,6,8-9,11,13,16,18,21-22,28,36H,7,10,12,14-15,17,19H2,1H3,(H,37,38)/t21-,22+,28+/m1/s1. The van der Waals surface area contributed by atoms with Gasteiger partial charge in [0.15, 0.2) is 0 Å². The number of pyridine rings is 1. The molecule has 0 bridgehead atoms. The number of alkyl halides is 3. The van der Waals surface area contributed by atoms with Crippen molar-refractivity contribution in [2.24, 2.45) is 11.8 Å². The van der Waals surface area contributed by atoms with Gasteiger partial charge in [-0.3, -0.25) is 14.7 Å². The molecule has 206 valence electrons. The lowest BCUT2D eigenvalue weighted by Gasteiger charge is -2.37. The molecule has 0 radical (unpaired) electrons. The van der Waals surface area contributed by atoms with Crippen molar-refractivity contribution in [1.82, 2.24) is 9.88 Å². The first kappa shape index (κ1) is 28.4. The average molecular weight is 541 g/mol. The monoisotopic (exact) mass is 540 g/mol. The predicted octanol–water partition coefficient (Wildman–Crippen LogP) is 5.54. The lowest BCUT2D eigenvalue weighted by Crippen LogP contribution is -2.41. The van der Waals surface area contributed by atoms with Crippen molar-refractivity contribution in [3.63, 3.8) is 0 Å². The Bertz CT molecular complexity index is 1370. The molecule has 0 saturated carbocycles. The Morgan fingerprint density at radius 1 is 1.21 bits per heavy atom. The molecule has 4 rings (SSSR count). The molecule has 2 N–H and O–H groups in total. The van der Waals surface area contributed by atoms with Gasteiger partial charge in [-0.1, -0.05) is 17.9 Å². The summed E-state index contributed by atoms with van der Waals surface area (Å²) in [5.74, 6) is 5.53. The molecule has 1 aromatic heterocycles. The van der Waals surface area contributed by atoms with Gasteiger partial charge in [0.1, 0.15) is 5.75 Å². The number of carboxylic acid groups (broad SMARTS) is 1. The number of aliphatic carboxylic acids is 1. The molecule has 3 atom stereocenters. The van der Waals surface area contributed by atoms with Gasteiger partial charge in [-0.25, -0.2) is 0 Å². The van der Waals surface area contributed by atoms with Crippen LogP contribution in [0, 0.1) is 23.7 Å². The number of methoxy groups -OCH3 is 1. The maximum atomic E-state index is 12.9. The van der Waals surface area contributed by atoms with Gasteiger partial charge in [0.05, 0.1) is 30.8 Å². The van der Waals surface area contributed by atoms with Crippen molar-refractivity contribution in [3.05, 3.63) is 71.4 Å². The number of halogens is 3. The molecule has 0 aliphatic carbocycles. The second-order valence-corrected chi connectivity index (χ2v) is 9.90. The molecule has 1 aliphatic rings. The molecule has 0 amide bonds. The zero-order valence-electron chi connectivity index (χ0n) is 21.6. The molecule has 2 aromatic carbocycles. The molecule has 0 spiro atoms. The summed E-state index contributed by atoms with van der Waals surface area (Å²) < 4.78 is 44.2. The van der Waals surface area contributed by atoms with E-state index in [1.54, 1.807) is 19.4 Å². The van der Waals surface area contributed by atoms with Crippen LogP contribution in [0.2, 0.25) is 0 Å². The number of hydrogen-bond donors (Lipinski definition) is 2. The van der Waals surface area contributed by atoms with Gasteiger partial charge >= 0.3 is 12.1 Å². The normalized spacial score (nSPS) is 18.8. The quantitative estimate of drug-likeness (QED) is 0.365. The molecule has 9 heteroatoms. The van der Waals surface area contributed by atoms with E-state index in [1.807, 2.05) is 23.1 Å². The van der Waals surface area contributed by atoms with Crippen molar-refractivity contribution in [2.75, 3.05) is 26.7 Å². The molecule has 39 heavy (non-hydrogen) atoms. The van der Waals surface area contributed by atoms with Crippen LogP contribution in [0.3, 0.4) is 0 Å². The van der Waals surface area contributed by atoms with Gasteiger partial charge < -0.3 is 14.9 Å². The van der Waals surface area contributed by atoms with Crippen molar-refractivity contribution in [1.29, 1.82) is 0 Å². The van der Waals surface area contributed by atoms with Crippen LogP contribution in [0.4, 0.5) is 13.2 Å². The first-order chi connectivity index (χ1) is 18.6. The van der Waals surface area contributed by atoms with Crippen LogP contribution in [-0.2, 0) is 11.0 Å². The fourth-order valence-corrected chi connectivity index (χ4v) is 5.25. The zero-order valence-corrected chi connectivity index (χ0v) is 21.6. The van der Waals surface area contributed by atoms with Crippen molar-refractivity contribution < 1.29 is 32.9 Å². The predicted molar refractivity (Wildman–Crippen MR) is 141 cm³/mol. The second kappa shape index (κ2) is 12.5. The van der Waals surface area contributed by atoms with Crippen LogP contribution in [0.25, 0.3) is 10.9 Å². The second-order valence-electron chi connectivity index (χ2n) is 9.90. The minimum atomic E-state index is -4.42. The summed E-state index contributed by atoms with van der Waals surface area (Å²) in [7, 11) is 1.58. The highest BCUT2D eigenvalue weighted by Crippen LogP contribution is 2.35. The summed E-state index contributed by atoms with van der Waals surface area (Å²) >= 11 is 0. The van der Waals surface area contributed by atoms with E-state index in [9.17, 15) is 28.2 Å². The Morgan fingerprint density at radius 2 is 2.03 bits per heavy atom. The maximum absolute atomic E-state index is 12.9. The first-order valence-corrected chi connectivity index (χ1v) is 12.8. The van der Waals surface area contributed by atoms with Crippen molar-refractivity contribution in [3.8, 4) is 17.6 Å². The average Bonchev–Trinajstić information content (AvgIpc) is 2.91. The molecule has 2 heterocycles. The molecular formula is C30H31F3N2O4. The molecule has 6 nitrogen and oxygen atoms in total. The van der Waals surface area contributed by atoms with E-state index in [4.69, 9.17) is 4.74 Å². The number of ether oxygens (including phenoxy) is 1. The Hall–Kier alpha value is -3.61. The Balaban J connectivity index is 1.38. The number of piperidine rings is 1. The van der Waals surface area contributed by atoms with Crippen LogP contribution >= 0.6 is 0 Å².